The fourth-order valence-electron chi connectivity index (χ4n) is 1.02. The van der Waals surface area contributed by atoms with E-state index in [1.165, 1.54) is 0 Å². The summed E-state index contributed by atoms with van der Waals surface area (Å²) in [7, 11) is 0. The molecule has 2 nitrogen and oxygen atoms in total. The van der Waals surface area contributed by atoms with Crippen LogP contribution in [0.15, 0.2) is 24.5 Å². The monoisotopic (exact) mass is 204 g/mol. The van der Waals surface area contributed by atoms with Gasteiger partial charge in [-0.15, -0.1) is 0 Å². The first kappa shape index (κ1) is 11.0. The summed E-state index contributed by atoms with van der Waals surface area (Å²) in [4.78, 5) is 3.83. The molecule has 1 heterocycles. The molecule has 1 rings (SSSR count). The van der Waals surface area contributed by atoms with Crippen molar-refractivity contribution in [2.24, 2.45) is 0 Å². The van der Waals surface area contributed by atoms with Crippen LogP contribution in [0.1, 0.15) is 18.5 Å². The molecule has 5 heteroatoms. The van der Waals surface area contributed by atoms with Crippen LogP contribution < -0.4 is 5.32 Å². The lowest BCUT2D eigenvalue weighted by Gasteiger charge is -2.15. The van der Waals surface area contributed by atoms with Crippen molar-refractivity contribution in [3.63, 3.8) is 0 Å². The van der Waals surface area contributed by atoms with Gasteiger partial charge < -0.3 is 5.32 Å². The third kappa shape index (κ3) is 3.74. The van der Waals surface area contributed by atoms with E-state index in [1.54, 1.807) is 31.5 Å². The molecule has 0 amide bonds. The molecule has 1 aromatic heterocycles. The Kier molecular flexibility index (Phi) is 3.46. The molecule has 0 bridgehead atoms. The van der Waals surface area contributed by atoms with E-state index in [4.69, 9.17) is 0 Å². The molecule has 0 spiro atoms. The summed E-state index contributed by atoms with van der Waals surface area (Å²) >= 11 is 0. The minimum absolute atomic E-state index is 0.342. The smallest absolute Gasteiger partial charge is 0.302 e. The van der Waals surface area contributed by atoms with Crippen molar-refractivity contribution in [1.29, 1.82) is 0 Å². The lowest BCUT2D eigenvalue weighted by Crippen LogP contribution is -2.30. The van der Waals surface area contributed by atoms with Crippen molar-refractivity contribution in [3.05, 3.63) is 30.1 Å². The molecular formula is C9H11F3N2. The molecule has 1 aromatic rings. The van der Waals surface area contributed by atoms with Crippen molar-refractivity contribution in [3.8, 4) is 0 Å². The SMILES string of the molecule is CC(NCC(F)(F)F)c1cccnc1. The molecule has 78 valence electrons. The number of pyridine rings is 1. The molecule has 0 aliphatic carbocycles. The lowest BCUT2D eigenvalue weighted by molar-refractivity contribution is -0.126. The Balaban J connectivity index is 2.48. The predicted molar refractivity (Wildman–Crippen MR) is 46.7 cm³/mol. The average Bonchev–Trinajstić information content (AvgIpc) is 2.14. The second-order valence-electron chi connectivity index (χ2n) is 3.00. The average molecular weight is 204 g/mol. The molecule has 0 aliphatic heterocycles. The van der Waals surface area contributed by atoms with E-state index < -0.39 is 12.7 Å². The number of aromatic nitrogens is 1. The molecule has 1 unspecified atom stereocenters. The van der Waals surface area contributed by atoms with Crippen LogP contribution in [0, 0.1) is 0 Å². The highest BCUT2D eigenvalue weighted by atomic mass is 19.4. The van der Waals surface area contributed by atoms with Gasteiger partial charge in [-0.1, -0.05) is 6.07 Å². The maximum atomic E-state index is 11.9. The van der Waals surface area contributed by atoms with E-state index in [-0.39, 0.29) is 6.04 Å². The normalized spacial score (nSPS) is 14.0. The van der Waals surface area contributed by atoms with Crippen molar-refractivity contribution < 1.29 is 13.2 Å². The van der Waals surface area contributed by atoms with E-state index in [2.05, 4.69) is 10.3 Å². The van der Waals surface area contributed by atoms with Crippen LogP contribution in [0.25, 0.3) is 0 Å². The Labute approximate surface area is 80.2 Å². The van der Waals surface area contributed by atoms with Crippen LogP contribution in [0.3, 0.4) is 0 Å². The highest BCUT2D eigenvalue weighted by Crippen LogP contribution is 2.16. The number of nitrogens with zero attached hydrogens (tertiary/aromatic N) is 1. The zero-order valence-corrected chi connectivity index (χ0v) is 7.67. The fourth-order valence-corrected chi connectivity index (χ4v) is 1.02. The van der Waals surface area contributed by atoms with Gasteiger partial charge in [0.2, 0.25) is 0 Å². The Hall–Kier alpha value is -1.10. The molecule has 0 saturated carbocycles. The van der Waals surface area contributed by atoms with Crippen LogP contribution in [0.4, 0.5) is 13.2 Å². The quantitative estimate of drug-likeness (QED) is 0.817. The first-order valence-electron chi connectivity index (χ1n) is 4.19. The molecule has 14 heavy (non-hydrogen) atoms. The summed E-state index contributed by atoms with van der Waals surface area (Å²) in [5, 5.41) is 2.37. The topological polar surface area (TPSA) is 24.9 Å². The van der Waals surface area contributed by atoms with Crippen molar-refractivity contribution in [1.82, 2.24) is 10.3 Å². The van der Waals surface area contributed by atoms with Crippen molar-refractivity contribution in [2.45, 2.75) is 19.1 Å². The first-order chi connectivity index (χ1) is 6.49. The van der Waals surface area contributed by atoms with Gasteiger partial charge in [-0.05, 0) is 18.6 Å². The zero-order chi connectivity index (χ0) is 10.6. The van der Waals surface area contributed by atoms with Crippen LogP contribution in [-0.4, -0.2) is 17.7 Å². The maximum Gasteiger partial charge on any atom is 0.401 e. The lowest BCUT2D eigenvalue weighted by atomic mass is 10.1. The van der Waals surface area contributed by atoms with Crippen LogP contribution >= 0.6 is 0 Å². The molecule has 0 fully saturated rings. The molecule has 1 N–H and O–H groups in total. The summed E-state index contributed by atoms with van der Waals surface area (Å²) in [5.41, 5.74) is 0.747. The van der Waals surface area contributed by atoms with Gasteiger partial charge in [0.15, 0.2) is 0 Å². The van der Waals surface area contributed by atoms with Gasteiger partial charge >= 0.3 is 6.18 Å². The number of hydrogen-bond donors (Lipinski definition) is 1. The Morgan fingerprint density at radius 3 is 2.71 bits per heavy atom. The minimum Gasteiger partial charge on any atom is -0.302 e. The Bertz CT molecular complexity index is 271. The number of rotatable bonds is 3. The van der Waals surface area contributed by atoms with Crippen LogP contribution in [0.5, 0.6) is 0 Å². The van der Waals surface area contributed by atoms with Crippen LogP contribution in [-0.2, 0) is 0 Å². The summed E-state index contributed by atoms with van der Waals surface area (Å²) in [6, 6.07) is 3.09. The number of hydrogen-bond acceptors (Lipinski definition) is 2. The second kappa shape index (κ2) is 4.41. The number of halogens is 3. The molecule has 0 aliphatic rings. The first-order valence-corrected chi connectivity index (χ1v) is 4.19. The van der Waals surface area contributed by atoms with E-state index >= 15 is 0 Å². The molecule has 1 atom stereocenters. The van der Waals surface area contributed by atoms with E-state index in [9.17, 15) is 13.2 Å². The van der Waals surface area contributed by atoms with Gasteiger partial charge in [0.05, 0.1) is 6.54 Å². The Morgan fingerprint density at radius 2 is 2.21 bits per heavy atom. The summed E-state index contributed by atoms with van der Waals surface area (Å²) in [6.07, 6.45) is -1.04. The third-order valence-corrected chi connectivity index (χ3v) is 1.79. The summed E-state index contributed by atoms with van der Waals surface area (Å²) in [5.74, 6) is 0. The van der Waals surface area contributed by atoms with Crippen molar-refractivity contribution >= 4 is 0 Å². The van der Waals surface area contributed by atoms with Gasteiger partial charge in [0.1, 0.15) is 0 Å². The standard InChI is InChI=1S/C9H11F3N2/c1-7(14-6-9(10,11)12)8-3-2-4-13-5-8/h2-5,7,14H,6H2,1H3. The van der Waals surface area contributed by atoms with Crippen molar-refractivity contribution in [2.75, 3.05) is 6.54 Å². The van der Waals surface area contributed by atoms with E-state index in [0.29, 0.717) is 0 Å². The van der Waals surface area contributed by atoms with Gasteiger partial charge in [-0.25, -0.2) is 0 Å². The van der Waals surface area contributed by atoms with Gasteiger partial charge in [-0.3, -0.25) is 4.98 Å². The summed E-state index contributed by atoms with van der Waals surface area (Å²) in [6.45, 7) is 0.686. The van der Waals surface area contributed by atoms with Gasteiger partial charge in [0.25, 0.3) is 0 Å². The highest BCUT2D eigenvalue weighted by molar-refractivity contribution is 5.12. The molecular weight excluding hydrogens is 193 g/mol. The summed E-state index contributed by atoms with van der Waals surface area (Å²) < 4.78 is 35.6. The largest absolute Gasteiger partial charge is 0.401 e. The van der Waals surface area contributed by atoms with Gasteiger partial charge in [-0.2, -0.15) is 13.2 Å². The number of alkyl halides is 3. The molecule has 0 radical (unpaired) electrons. The van der Waals surface area contributed by atoms with Crippen LogP contribution in [0.2, 0.25) is 0 Å². The minimum atomic E-state index is -4.17. The molecule has 0 aromatic carbocycles. The fraction of sp³-hybridized carbons (Fsp3) is 0.444. The van der Waals surface area contributed by atoms with E-state index in [1.807, 2.05) is 0 Å². The second-order valence-corrected chi connectivity index (χ2v) is 3.00. The third-order valence-electron chi connectivity index (χ3n) is 1.79. The van der Waals surface area contributed by atoms with E-state index in [0.717, 1.165) is 5.56 Å². The zero-order valence-electron chi connectivity index (χ0n) is 7.67. The predicted octanol–water partition coefficient (Wildman–Crippen LogP) is 2.29. The Morgan fingerprint density at radius 1 is 1.50 bits per heavy atom. The van der Waals surface area contributed by atoms with Gasteiger partial charge in [0, 0.05) is 18.4 Å². The maximum absolute atomic E-state index is 11.9. The molecule has 0 saturated heterocycles. The number of nitrogens with one attached hydrogen (secondary N) is 1. The highest BCUT2D eigenvalue weighted by Gasteiger charge is 2.27.